The van der Waals surface area contributed by atoms with Gasteiger partial charge in [-0.3, -0.25) is 0 Å². The quantitative estimate of drug-likeness (QED) is 0.232. The Hall–Kier alpha value is -5.81. The molecule has 3 aromatic heterocycles. The predicted molar refractivity (Wildman–Crippen MR) is 174 cm³/mol. The molecule has 1 unspecified atom stereocenters. The summed E-state index contributed by atoms with van der Waals surface area (Å²) < 4.78 is 15.1. The average Bonchev–Trinajstić information content (AvgIpc) is 3.72. The van der Waals surface area contributed by atoms with E-state index in [9.17, 15) is 0 Å². The first-order chi connectivity index (χ1) is 21.3. The highest BCUT2D eigenvalue weighted by Gasteiger charge is 2.33. The van der Waals surface area contributed by atoms with Crippen molar-refractivity contribution in [2.45, 2.75) is 6.17 Å². The third-order valence-electron chi connectivity index (χ3n) is 8.87. The molecule has 0 saturated heterocycles. The minimum absolute atomic E-state index is 0.275. The van der Waals surface area contributed by atoms with Crippen LogP contribution in [-0.4, -0.2) is 10.4 Å². The number of amidine groups is 1. The minimum Gasteiger partial charge on any atom is -0.456 e. The molecule has 4 heterocycles. The van der Waals surface area contributed by atoms with Crippen molar-refractivity contribution in [3.63, 3.8) is 0 Å². The molecule has 0 spiro atoms. The summed E-state index contributed by atoms with van der Waals surface area (Å²) in [6.45, 7) is 0. The highest BCUT2D eigenvalue weighted by Crippen LogP contribution is 2.44. The van der Waals surface area contributed by atoms with E-state index in [1.165, 1.54) is 21.5 Å². The lowest BCUT2D eigenvalue weighted by atomic mass is 10.0. The Labute approximate surface area is 245 Å². The zero-order valence-corrected chi connectivity index (χ0v) is 22.9. The monoisotopic (exact) mass is 553 g/mol. The summed E-state index contributed by atoms with van der Waals surface area (Å²) in [5.74, 6) is 1.37. The molecule has 202 valence electrons. The maximum atomic E-state index is 6.48. The third-order valence-corrected chi connectivity index (χ3v) is 8.87. The van der Waals surface area contributed by atoms with Crippen molar-refractivity contribution in [3.8, 4) is 0 Å². The van der Waals surface area contributed by atoms with Gasteiger partial charge < -0.3 is 18.7 Å². The number of aliphatic imine (C=N–C) groups is 1. The number of fused-ring (bicyclic) bond motifs is 10. The number of nitrogens with zero attached hydrogens (tertiary/aromatic N) is 2. The normalized spacial score (nSPS) is 15.1. The molecule has 1 atom stereocenters. The van der Waals surface area contributed by atoms with Gasteiger partial charge in [-0.1, -0.05) is 91.0 Å². The Balaban J connectivity index is 1.30. The zero-order valence-electron chi connectivity index (χ0n) is 22.9. The van der Waals surface area contributed by atoms with Gasteiger partial charge in [0.25, 0.3) is 0 Å². The number of hydrogen-bond donors (Lipinski definition) is 1. The van der Waals surface area contributed by atoms with Crippen molar-refractivity contribution in [1.29, 1.82) is 0 Å². The van der Waals surface area contributed by atoms with E-state index in [1.807, 2.05) is 42.5 Å². The molecule has 0 aliphatic carbocycles. The highest BCUT2D eigenvalue weighted by molar-refractivity contribution is 6.19. The summed E-state index contributed by atoms with van der Waals surface area (Å²) >= 11 is 0. The first-order valence-electron chi connectivity index (χ1n) is 14.5. The summed E-state index contributed by atoms with van der Waals surface area (Å²) in [6.07, 6.45) is -0.275. The Bertz CT molecular complexity index is 2620. The molecule has 1 N–H and O–H groups in total. The van der Waals surface area contributed by atoms with E-state index in [0.29, 0.717) is 5.88 Å². The van der Waals surface area contributed by atoms with Crippen molar-refractivity contribution in [3.05, 3.63) is 139 Å². The van der Waals surface area contributed by atoms with Gasteiger partial charge in [-0.05, 0) is 47.2 Å². The molecule has 0 bridgehead atoms. The first kappa shape index (κ1) is 22.8. The topological polar surface area (TPSA) is 55.6 Å². The number of benzene rings is 6. The van der Waals surface area contributed by atoms with E-state index in [-0.39, 0.29) is 6.17 Å². The molecule has 5 heteroatoms. The van der Waals surface area contributed by atoms with Crippen LogP contribution in [0.25, 0.3) is 65.5 Å². The van der Waals surface area contributed by atoms with Gasteiger partial charge in [0, 0.05) is 32.5 Å². The molecule has 6 aromatic carbocycles. The number of para-hydroxylation sites is 3. The van der Waals surface area contributed by atoms with E-state index in [1.54, 1.807) is 0 Å². The summed E-state index contributed by atoms with van der Waals surface area (Å²) in [6, 6.07) is 44.4. The molecule has 0 saturated carbocycles. The molecule has 9 aromatic rings. The molecule has 0 radical (unpaired) electrons. The van der Waals surface area contributed by atoms with Gasteiger partial charge in [-0.25, -0.2) is 0 Å². The minimum atomic E-state index is -0.275. The van der Waals surface area contributed by atoms with Gasteiger partial charge in [0.05, 0.1) is 16.6 Å². The van der Waals surface area contributed by atoms with Crippen LogP contribution < -0.4 is 5.32 Å². The van der Waals surface area contributed by atoms with Crippen LogP contribution in [0.3, 0.4) is 0 Å². The smallest absolute Gasteiger partial charge is 0.229 e. The molecule has 5 nitrogen and oxygen atoms in total. The molecular formula is C38H23N3O2. The van der Waals surface area contributed by atoms with Crippen LogP contribution >= 0.6 is 0 Å². The number of rotatable bonds is 2. The maximum absolute atomic E-state index is 6.48. The van der Waals surface area contributed by atoms with Gasteiger partial charge >= 0.3 is 0 Å². The number of aromatic nitrogens is 1. The number of furan rings is 2. The standard InChI is InChI=1S/C38H23N3O2/c1-2-11-23-21-30-28(20-22(23)10-1)24-12-3-6-16-29(24)41(30)37-35-26-14-5-8-18-32(26)43-38(35)40-36(39-37)27-15-9-19-33-34(27)25-13-4-7-17-31(25)42-33/h1-21,37H,(H,39,40). The van der Waals surface area contributed by atoms with Crippen LogP contribution in [0.2, 0.25) is 0 Å². The fraction of sp³-hybridized carbons (Fsp3) is 0.0263. The highest BCUT2D eigenvalue weighted by atomic mass is 16.3. The summed E-state index contributed by atoms with van der Waals surface area (Å²) in [7, 11) is 0. The van der Waals surface area contributed by atoms with Crippen molar-refractivity contribution < 1.29 is 8.83 Å². The molecule has 10 rings (SSSR count). The number of hydrogen-bond acceptors (Lipinski definition) is 4. The van der Waals surface area contributed by atoms with E-state index < -0.39 is 0 Å². The Kier molecular flexibility index (Phi) is 4.44. The molecule has 0 amide bonds. The molecule has 1 aliphatic rings. The lowest BCUT2D eigenvalue weighted by molar-refractivity contribution is 0.550. The van der Waals surface area contributed by atoms with Crippen LogP contribution in [-0.2, 0) is 0 Å². The van der Waals surface area contributed by atoms with E-state index >= 15 is 0 Å². The van der Waals surface area contributed by atoms with Gasteiger partial charge in [-0.15, -0.1) is 0 Å². The Morgan fingerprint density at radius 3 is 2.09 bits per heavy atom. The second-order valence-corrected chi connectivity index (χ2v) is 11.2. The van der Waals surface area contributed by atoms with E-state index in [4.69, 9.17) is 13.8 Å². The fourth-order valence-electron chi connectivity index (χ4n) is 7.00. The van der Waals surface area contributed by atoms with Gasteiger partial charge in [-0.2, -0.15) is 4.99 Å². The van der Waals surface area contributed by atoms with Crippen molar-refractivity contribution in [2.24, 2.45) is 4.99 Å². The molecular weight excluding hydrogens is 530 g/mol. The lowest BCUT2D eigenvalue weighted by Gasteiger charge is -2.28. The van der Waals surface area contributed by atoms with Crippen molar-refractivity contribution in [2.75, 3.05) is 0 Å². The van der Waals surface area contributed by atoms with Gasteiger partial charge in [0.15, 0.2) is 0 Å². The average molecular weight is 554 g/mol. The second kappa shape index (κ2) is 8.37. The van der Waals surface area contributed by atoms with Crippen molar-refractivity contribution >= 4 is 77.2 Å². The molecule has 0 fully saturated rings. The zero-order chi connectivity index (χ0) is 28.1. The molecule has 1 aliphatic heterocycles. The Morgan fingerprint density at radius 1 is 0.558 bits per heavy atom. The molecule has 43 heavy (non-hydrogen) atoms. The SMILES string of the molecule is c1ccc2cc3c(cc2c1)c1ccccc1n3C1NC(c2cccc3oc4ccccc4c23)=Nc2oc3ccccc3c21. The van der Waals surface area contributed by atoms with Gasteiger partial charge in [0.1, 0.15) is 28.8 Å². The lowest BCUT2D eigenvalue weighted by Crippen LogP contribution is -2.36. The van der Waals surface area contributed by atoms with E-state index in [0.717, 1.165) is 60.9 Å². The van der Waals surface area contributed by atoms with Crippen LogP contribution in [0.1, 0.15) is 17.3 Å². The van der Waals surface area contributed by atoms with Gasteiger partial charge in [0.2, 0.25) is 5.88 Å². The number of nitrogens with one attached hydrogen (secondary N) is 1. The maximum Gasteiger partial charge on any atom is 0.229 e. The van der Waals surface area contributed by atoms with Crippen LogP contribution in [0.15, 0.2) is 141 Å². The van der Waals surface area contributed by atoms with Crippen LogP contribution in [0, 0.1) is 0 Å². The van der Waals surface area contributed by atoms with Crippen LogP contribution in [0.4, 0.5) is 5.88 Å². The summed E-state index contributed by atoms with van der Waals surface area (Å²) in [5, 5.41) is 11.9. The first-order valence-corrected chi connectivity index (χ1v) is 14.5. The summed E-state index contributed by atoms with van der Waals surface area (Å²) in [4.78, 5) is 5.14. The van der Waals surface area contributed by atoms with E-state index in [2.05, 4.69) is 94.8 Å². The van der Waals surface area contributed by atoms with Crippen molar-refractivity contribution in [1.82, 2.24) is 9.88 Å². The Morgan fingerprint density at radius 2 is 1.23 bits per heavy atom. The predicted octanol–water partition coefficient (Wildman–Crippen LogP) is 9.82. The second-order valence-electron chi connectivity index (χ2n) is 11.2. The van der Waals surface area contributed by atoms with Crippen LogP contribution in [0.5, 0.6) is 0 Å². The largest absolute Gasteiger partial charge is 0.456 e. The fourth-order valence-corrected chi connectivity index (χ4v) is 7.00. The third kappa shape index (κ3) is 3.13. The summed E-state index contributed by atoms with van der Waals surface area (Å²) in [5.41, 5.74) is 6.82.